The lowest BCUT2D eigenvalue weighted by molar-refractivity contribution is -0.129. The van der Waals surface area contributed by atoms with Gasteiger partial charge in [-0.3, -0.25) is 4.79 Å². The summed E-state index contributed by atoms with van der Waals surface area (Å²) in [7, 11) is 1.95. The SMILES string of the molecule is Cc1ccc(C)c(SCC(=O)N(C)C2CCNCC2)c1.Cl. The minimum Gasteiger partial charge on any atom is -0.342 e. The van der Waals surface area contributed by atoms with Gasteiger partial charge in [0.05, 0.1) is 5.75 Å². The summed E-state index contributed by atoms with van der Waals surface area (Å²) in [5.41, 5.74) is 2.50. The summed E-state index contributed by atoms with van der Waals surface area (Å²) in [6.07, 6.45) is 2.13. The summed E-state index contributed by atoms with van der Waals surface area (Å²) < 4.78 is 0. The highest BCUT2D eigenvalue weighted by molar-refractivity contribution is 8.00. The highest BCUT2D eigenvalue weighted by Gasteiger charge is 2.21. The van der Waals surface area contributed by atoms with E-state index in [4.69, 9.17) is 0 Å². The number of halogens is 1. The molecule has 0 spiro atoms. The summed E-state index contributed by atoms with van der Waals surface area (Å²) in [6.45, 7) is 6.23. The fraction of sp³-hybridized carbons (Fsp3) is 0.562. The zero-order valence-corrected chi connectivity index (χ0v) is 14.6. The Morgan fingerprint density at radius 1 is 1.33 bits per heavy atom. The molecule has 1 heterocycles. The Bertz CT molecular complexity index is 475. The molecule has 1 aromatic rings. The molecule has 1 saturated heterocycles. The molecule has 0 saturated carbocycles. The van der Waals surface area contributed by atoms with Crippen LogP contribution in [-0.4, -0.2) is 42.7 Å². The number of piperidine rings is 1. The highest BCUT2D eigenvalue weighted by Crippen LogP contribution is 2.24. The second-order valence-corrected chi connectivity index (χ2v) is 6.56. The second-order valence-electron chi connectivity index (χ2n) is 5.54. The fourth-order valence-electron chi connectivity index (χ4n) is 2.50. The van der Waals surface area contributed by atoms with Crippen LogP contribution in [0.4, 0.5) is 0 Å². The van der Waals surface area contributed by atoms with Crippen LogP contribution in [0.2, 0.25) is 0 Å². The van der Waals surface area contributed by atoms with E-state index in [-0.39, 0.29) is 18.3 Å². The minimum atomic E-state index is 0. The summed E-state index contributed by atoms with van der Waals surface area (Å²) in [5, 5.41) is 3.34. The third-order valence-corrected chi connectivity index (χ3v) is 5.09. The zero-order chi connectivity index (χ0) is 14.5. The number of hydrogen-bond donors (Lipinski definition) is 1. The molecule has 5 heteroatoms. The third-order valence-electron chi connectivity index (χ3n) is 3.94. The van der Waals surface area contributed by atoms with Crippen molar-refractivity contribution in [1.29, 1.82) is 0 Å². The van der Waals surface area contributed by atoms with Gasteiger partial charge in [0.2, 0.25) is 5.91 Å². The van der Waals surface area contributed by atoms with Crippen LogP contribution in [-0.2, 0) is 4.79 Å². The molecule has 1 fully saturated rings. The number of thioether (sulfide) groups is 1. The molecule has 0 aromatic heterocycles. The van der Waals surface area contributed by atoms with E-state index in [0.29, 0.717) is 11.8 Å². The molecular formula is C16H25ClN2OS. The lowest BCUT2D eigenvalue weighted by Crippen LogP contribution is -2.44. The van der Waals surface area contributed by atoms with Crippen molar-refractivity contribution < 1.29 is 4.79 Å². The van der Waals surface area contributed by atoms with Gasteiger partial charge in [-0.05, 0) is 51.4 Å². The van der Waals surface area contributed by atoms with Gasteiger partial charge in [-0.25, -0.2) is 0 Å². The van der Waals surface area contributed by atoms with E-state index in [9.17, 15) is 4.79 Å². The van der Waals surface area contributed by atoms with Crippen molar-refractivity contribution in [3.8, 4) is 0 Å². The maximum absolute atomic E-state index is 12.3. The van der Waals surface area contributed by atoms with Gasteiger partial charge in [-0.2, -0.15) is 0 Å². The standard InChI is InChI=1S/C16H24N2OS.ClH/c1-12-4-5-13(2)15(10-12)20-11-16(19)18(3)14-6-8-17-9-7-14;/h4-5,10,14,17H,6-9,11H2,1-3H3;1H. The molecule has 0 bridgehead atoms. The van der Waals surface area contributed by atoms with Crippen LogP contribution in [0, 0.1) is 13.8 Å². The number of hydrogen-bond acceptors (Lipinski definition) is 3. The molecular weight excluding hydrogens is 304 g/mol. The number of carbonyl (C=O) groups is 1. The maximum Gasteiger partial charge on any atom is 0.232 e. The Kier molecular flexibility index (Phi) is 7.57. The Morgan fingerprint density at radius 3 is 2.67 bits per heavy atom. The third kappa shape index (κ3) is 5.20. The summed E-state index contributed by atoms with van der Waals surface area (Å²) in [6, 6.07) is 6.81. The monoisotopic (exact) mass is 328 g/mol. The first-order valence-electron chi connectivity index (χ1n) is 7.24. The first-order valence-corrected chi connectivity index (χ1v) is 8.23. The van der Waals surface area contributed by atoms with E-state index in [1.165, 1.54) is 16.0 Å². The van der Waals surface area contributed by atoms with Crippen LogP contribution < -0.4 is 5.32 Å². The van der Waals surface area contributed by atoms with Crippen LogP contribution in [0.15, 0.2) is 23.1 Å². The topological polar surface area (TPSA) is 32.3 Å². The molecule has 0 radical (unpaired) electrons. The number of carbonyl (C=O) groups excluding carboxylic acids is 1. The number of nitrogens with one attached hydrogen (secondary N) is 1. The normalized spacial score (nSPS) is 15.4. The molecule has 1 aliphatic heterocycles. The molecule has 0 unspecified atom stereocenters. The van der Waals surface area contributed by atoms with Crippen molar-refractivity contribution in [3.63, 3.8) is 0 Å². The largest absolute Gasteiger partial charge is 0.342 e. The highest BCUT2D eigenvalue weighted by atomic mass is 35.5. The lowest BCUT2D eigenvalue weighted by Gasteiger charge is -2.31. The fourth-order valence-corrected chi connectivity index (χ4v) is 3.55. The summed E-state index contributed by atoms with van der Waals surface area (Å²) in [5.74, 6) is 0.771. The molecule has 1 aromatic carbocycles. The number of nitrogens with zero attached hydrogens (tertiary/aromatic N) is 1. The van der Waals surface area contributed by atoms with E-state index in [1.54, 1.807) is 11.8 Å². The van der Waals surface area contributed by atoms with E-state index in [2.05, 4.69) is 37.4 Å². The Hall–Kier alpha value is -0.710. The van der Waals surface area contributed by atoms with Crippen molar-refractivity contribution >= 4 is 30.1 Å². The van der Waals surface area contributed by atoms with Gasteiger partial charge in [0.15, 0.2) is 0 Å². The quantitative estimate of drug-likeness (QED) is 0.862. The van der Waals surface area contributed by atoms with Crippen LogP contribution in [0.1, 0.15) is 24.0 Å². The van der Waals surface area contributed by atoms with Crippen LogP contribution >= 0.6 is 24.2 Å². The summed E-state index contributed by atoms with van der Waals surface area (Å²) in [4.78, 5) is 15.5. The summed E-state index contributed by atoms with van der Waals surface area (Å²) >= 11 is 1.65. The van der Waals surface area contributed by atoms with Crippen molar-refractivity contribution in [2.24, 2.45) is 0 Å². The number of aryl methyl sites for hydroxylation is 2. The minimum absolute atomic E-state index is 0. The Labute approximate surface area is 138 Å². The maximum atomic E-state index is 12.3. The predicted octanol–water partition coefficient (Wildman–Crippen LogP) is 3.03. The first kappa shape index (κ1) is 18.3. The second kappa shape index (κ2) is 8.66. The molecule has 21 heavy (non-hydrogen) atoms. The lowest BCUT2D eigenvalue weighted by atomic mass is 10.1. The van der Waals surface area contributed by atoms with Gasteiger partial charge in [-0.15, -0.1) is 24.2 Å². The molecule has 1 N–H and O–H groups in total. The Morgan fingerprint density at radius 2 is 2.00 bits per heavy atom. The number of amides is 1. The van der Waals surface area contributed by atoms with Gasteiger partial charge in [0.25, 0.3) is 0 Å². The van der Waals surface area contributed by atoms with Gasteiger partial charge < -0.3 is 10.2 Å². The average Bonchev–Trinajstić information content (AvgIpc) is 2.48. The predicted molar refractivity (Wildman–Crippen MR) is 92.5 cm³/mol. The molecule has 2 rings (SSSR count). The van der Waals surface area contributed by atoms with E-state index in [1.807, 2.05) is 11.9 Å². The molecule has 3 nitrogen and oxygen atoms in total. The number of rotatable bonds is 4. The smallest absolute Gasteiger partial charge is 0.232 e. The molecule has 1 amide bonds. The van der Waals surface area contributed by atoms with E-state index < -0.39 is 0 Å². The van der Waals surface area contributed by atoms with Crippen molar-refractivity contribution in [2.45, 2.75) is 37.6 Å². The molecule has 0 aliphatic carbocycles. The first-order chi connectivity index (χ1) is 9.58. The van der Waals surface area contributed by atoms with Gasteiger partial charge >= 0.3 is 0 Å². The number of benzene rings is 1. The van der Waals surface area contributed by atoms with Crippen LogP contribution in [0.5, 0.6) is 0 Å². The zero-order valence-electron chi connectivity index (χ0n) is 13.0. The van der Waals surface area contributed by atoms with E-state index >= 15 is 0 Å². The molecule has 1 aliphatic rings. The van der Waals surface area contributed by atoms with Crippen molar-refractivity contribution in [2.75, 3.05) is 25.9 Å². The Balaban J connectivity index is 0.00000220. The van der Waals surface area contributed by atoms with Gasteiger partial charge in [-0.1, -0.05) is 17.7 Å². The molecule has 118 valence electrons. The average molecular weight is 329 g/mol. The van der Waals surface area contributed by atoms with E-state index in [0.717, 1.165) is 25.9 Å². The molecule has 0 atom stereocenters. The van der Waals surface area contributed by atoms with Gasteiger partial charge in [0.1, 0.15) is 0 Å². The van der Waals surface area contributed by atoms with Crippen molar-refractivity contribution in [3.05, 3.63) is 29.3 Å². The van der Waals surface area contributed by atoms with Crippen molar-refractivity contribution in [1.82, 2.24) is 10.2 Å². The van der Waals surface area contributed by atoms with Crippen LogP contribution in [0.3, 0.4) is 0 Å². The van der Waals surface area contributed by atoms with Gasteiger partial charge in [0, 0.05) is 18.0 Å². The van der Waals surface area contributed by atoms with Crippen LogP contribution in [0.25, 0.3) is 0 Å².